The topological polar surface area (TPSA) is 34.1 Å². The Bertz CT molecular complexity index is 234. The molecule has 0 aromatic carbocycles. The number of hydrogen-bond acceptors (Lipinski definition) is 3. The molecule has 0 spiro atoms. The second-order valence-electron chi connectivity index (χ2n) is 2.91. The predicted octanol–water partition coefficient (Wildman–Crippen LogP) is 0.570. The standard InChI is InChI=1S/C9H12N2O/c1-2-4-11-8(3-1)7-12-9-5-10-6-9/h1-4,9-10H,5-7H2. The normalized spacial score (nSPS) is 17.3. The van der Waals surface area contributed by atoms with Gasteiger partial charge in [0.05, 0.1) is 18.4 Å². The van der Waals surface area contributed by atoms with E-state index in [2.05, 4.69) is 10.3 Å². The summed E-state index contributed by atoms with van der Waals surface area (Å²) in [7, 11) is 0. The smallest absolute Gasteiger partial charge is 0.0892 e. The van der Waals surface area contributed by atoms with Crippen LogP contribution in [0.15, 0.2) is 24.4 Å². The summed E-state index contributed by atoms with van der Waals surface area (Å²) in [6.07, 6.45) is 2.18. The molecule has 0 atom stereocenters. The Balaban J connectivity index is 1.79. The molecule has 2 heterocycles. The quantitative estimate of drug-likeness (QED) is 0.709. The molecule has 1 N–H and O–H groups in total. The first-order valence-electron chi connectivity index (χ1n) is 4.17. The number of aromatic nitrogens is 1. The number of pyridine rings is 1. The highest BCUT2D eigenvalue weighted by Gasteiger charge is 2.16. The maximum atomic E-state index is 5.54. The number of rotatable bonds is 3. The van der Waals surface area contributed by atoms with Crippen LogP contribution >= 0.6 is 0 Å². The molecule has 0 bridgehead atoms. The minimum Gasteiger partial charge on any atom is -0.369 e. The predicted molar refractivity (Wildman–Crippen MR) is 45.7 cm³/mol. The van der Waals surface area contributed by atoms with Crippen molar-refractivity contribution in [2.24, 2.45) is 0 Å². The minimum atomic E-state index is 0.395. The lowest BCUT2D eigenvalue weighted by molar-refractivity contribution is 0.00606. The van der Waals surface area contributed by atoms with Crippen LogP contribution in [0.1, 0.15) is 5.69 Å². The van der Waals surface area contributed by atoms with Crippen molar-refractivity contribution in [1.82, 2.24) is 10.3 Å². The van der Waals surface area contributed by atoms with E-state index in [1.54, 1.807) is 6.20 Å². The Morgan fingerprint density at radius 3 is 3.00 bits per heavy atom. The molecule has 0 radical (unpaired) electrons. The van der Waals surface area contributed by atoms with Gasteiger partial charge in [0.1, 0.15) is 0 Å². The van der Waals surface area contributed by atoms with Gasteiger partial charge < -0.3 is 10.1 Å². The molecule has 3 heteroatoms. The van der Waals surface area contributed by atoms with Crippen molar-refractivity contribution in [1.29, 1.82) is 0 Å². The minimum absolute atomic E-state index is 0.395. The van der Waals surface area contributed by atoms with Gasteiger partial charge in [-0.05, 0) is 12.1 Å². The highest BCUT2D eigenvalue weighted by molar-refractivity contribution is 5.02. The highest BCUT2D eigenvalue weighted by atomic mass is 16.5. The molecule has 3 nitrogen and oxygen atoms in total. The van der Waals surface area contributed by atoms with Gasteiger partial charge in [0.2, 0.25) is 0 Å². The Morgan fingerprint density at radius 2 is 2.42 bits per heavy atom. The van der Waals surface area contributed by atoms with Gasteiger partial charge in [0.25, 0.3) is 0 Å². The summed E-state index contributed by atoms with van der Waals surface area (Å²) in [6.45, 7) is 2.59. The molecular formula is C9H12N2O. The van der Waals surface area contributed by atoms with Crippen molar-refractivity contribution in [2.45, 2.75) is 12.7 Å². The average molecular weight is 164 g/mol. The Hall–Kier alpha value is -0.930. The van der Waals surface area contributed by atoms with Crippen molar-refractivity contribution >= 4 is 0 Å². The summed E-state index contributed by atoms with van der Waals surface area (Å²) in [5.41, 5.74) is 1.00. The molecule has 12 heavy (non-hydrogen) atoms. The van der Waals surface area contributed by atoms with Gasteiger partial charge in [-0.15, -0.1) is 0 Å². The molecule has 0 saturated carbocycles. The van der Waals surface area contributed by atoms with Crippen LogP contribution < -0.4 is 5.32 Å². The van der Waals surface area contributed by atoms with Gasteiger partial charge in [-0.3, -0.25) is 4.98 Å². The van der Waals surface area contributed by atoms with E-state index in [4.69, 9.17) is 4.74 Å². The van der Waals surface area contributed by atoms with E-state index >= 15 is 0 Å². The molecule has 0 aliphatic carbocycles. The monoisotopic (exact) mass is 164 g/mol. The van der Waals surface area contributed by atoms with Crippen LogP contribution in [0.3, 0.4) is 0 Å². The van der Waals surface area contributed by atoms with E-state index in [0.29, 0.717) is 12.7 Å². The molecule has 0 amide bonds. The van der Waals surface area contributed by atoms with Crippen LogP contribution in [-0.4, -0.2) is 24.2 Å². The second-order valence-corrected chi connectivity index (χ2v) is 2.91. The van der Waals surface area contributed by atoms with Gasteiger partial charge in [0.15, 0.2) is 0 Å². The van der Waals surface area contributed by atoms with Gasteiger partial charge in [0, 0.05) is 19.3 Å². The van der Waals surface area contributed by atoms with Crippen molar-refractivity contribution in [2.75, 3.05) is 13.1 Å². The largest absolute Gasteiger partial charge is 0.369 e. The summed E-state index contributed by atoms with van der Waals surface area (Å²) in [4.78, 5) is 4.16. The molecule has 1 aromatic rings. The van der Waals surface area contributed by atoms with Gasteiger partial charge in [-0.1, -0.05) is 6.07 Å². The molecule has 1 saturated heterocycles. The zero-order valence-corrected chi connectivity index (χ0v) is 6.86. The molecular weight excluding hydrogens is 152 g/mol. The van der Waals surface area contributed by atoms with Crippen molar-refractivity contribution in [3.8, 4) is 0 Å². The third-order valence-electron chi connectivity index (χ3n) is 1.94. The van der Waals surface area contributed by atoms with Gasteiger partial charge >= 0.3 is 0 Å². The number of nitrogens with zero attached hydrogens (tertiary/aromatic N) is 1. The summed E-state index contributed by atoms with van der Waals surface area (Å²) in [6, 6.07) is 5.87. The Kier molecular flexibility index (Phi) is 2.34. The molecule has 1 fully saturated rings. The summed E-state index contributed by atoms with van der Waals surface area (Å²) < 4.78 is 5.54. The van der Waals surface area contributed by atoms with Crippen LogP contribution in [0.25, 0.3) is 0 Å². The van der Waals surface area contributed by atoms with Crippen molar-refractivity contribution in [3.05, 3.63) is 30.1 Å². The maximum Gasteiger partial charge on any atom is 0.0892 e. The van der Waals surface area contributed by atoms with Crippen LogP contribution in [0.2, 0.25) is 0 Å². The molecule has 1 aliphatic rings. The first-order valence-corrected chi connectivity index (χ1v) is 4.17. The van der Waals surface area contributed by atoms with Crippen molar-refractivity contribution in [3.63, 3.8) is 0 Å². The fourth-order valence-electron chi connectivity index (χ4n) is 1.07. The van der Waals surface area contributed by atoms with E-state index in [9.17, 15) is 0 Å². The molecule has 64 valence electrons. The lowest BCUT2D eigenvalue weighted by Crippen LogP contribution is -2.48. The SMILES string of the molecule is c1ccc(COC2CNC2)nc1. The zero-order valence-electron chi connectivity index (χ0n) is 6.86. The summed E-state index contributed by atoms with van der Waals surface area (Å²) >= 11 is 0. The van der Waals surface area contributed by atoms with E-state index < -0.39 is 0 Å². The van der Waals surface area contributed by atoms with Crippen LogP contribution in [0.5, 0.6) is 0 Å². The lowest BCUT2D eigenvalue weighted by Gasteiger charge is -2.26. The third-order valence-corrected chi connectivity index (χ3v) is 1.94. The second kappa shape index (κ2) is 3.65. The summed E-state index contributed by atoms with van der Waals surface area (Å²) in [5, 5.41) is 3.15. The van der Waals surface area contributed by atoms with E-state index in [0.717, 1.165) is 18.8 Å². The first kappa shape index (κ1) is 7.71. The summed E-state index contributed by atoms with van der Waals surface area (Å²) in [5.74, 6) is 0. The van der Waals surface area contributed by atoms with E-state index in [1.807, 2.05) is 18.2 Å². The number of hydrogen-bond donors (Lipinski definition) is 1. The Labute approximate surface area is 71.8 Å². The molecule has 1 aromatic heterocycles. The van der Waals surface area contributed by atoms with Crippen LogP contribution in [-0.2, 0) is 11.3 Å². The first-order chi connectivity index (χ1) is 5.95. The van der Waals surface area contributed by atoms with Crippen LogP contribution in [0, 0.1) is 0 Å². The van der Waals surface area contributed by atoms with Gasteiger partial charge in [-0.2, -0.15) is 0 Å². The van der Waals surface area contributed by atoms with Crippen LogP contribution in [0.4, 0.5) is 0 Å². The maximum absolute atomic E-state index is 5.54. The Morgan fingerprint density at radius 1 is 1.50 bits per heavy atom. The zero-order chi connectivity index (χ0) is 8.23. The molecule has 1 aliphatic heterocycles. The average Bonchev–Trinajstić information content (AvgIpc) is 2.04. The van der Waals surface area contributed by atoms with E-state index in [1.165, 1.54) is 0 Å². The fraction of sp³-hybridized carbons (Fsp3) is 0.444. The lowest BCUT2D eigenvalue weighted by atomic mass is 10.2. The van der Waals surface area contributed by atoms with Crippen molar-refractivity contribution < 1.29 is 4.74 Å². The number of ether oxygens (including phenoxy) is 1. The fourth-order valence-corrected chi connectivity index (χ4v) is 1.07. The molecule has 2 rings (SSSR count). The van der Waals surface area contributed by atoms with E-state index in [-0.39, 0.29) is 0 Å². The molecule has 0 unspecified atom stereocenters. The third kappa shape index (κ3) is 1.81. The number of nitrogens with one attached hydrogen (secondary N) is 1. The highest BCUT2D eigenvalue weighted by Crippen LogP contribution is 2.03. The van der Waals surface area contributed by atoms with Gasteiger partial charge in [-0.25, -0.2) is 0 Å².